The lowest BCUT2D eigenvalue weighted by atomic mass is 10.1. The lowest BCUT2D eigenvalue weighted by molar-refractivity contribution is -0.151. The highest BCUT2D eigenvalue weighted by molar-refractivity contribution is 7.89. The van der Waals surface area contributed by atoms with Gasteiger partial charge in [-0.2, -0.15) is 4.72 Å². The van der Waals surface area contributed by atoms with E-state index < -0.39 is 46.3 Å². The number of hydrogen-bond acceptors (Lipinski definition) is 7. The Labute approximate surface area is 191 Å². The van der Waals surface area contributed by atoms with E-state index in [-0.39, 0.29) is 17.0 Å². The van der Waals surface area contributed by atoms with Gasteiger partial charge in [0.15, 0.2) is 18.1 Å². The van der Waals surface area contributed by atoms with Crippen LogP contribution in [0.1, 0.15) is 19.4 Å². The van der Waals surface area contributed by atoms with Gasteiger partial charge in [-0.25, -0.2) is 12.8 Å². The molecule has 1 aliphatic heterocycles. The number of halogens is 1. The second-order valence-corrected chi connectivity index (χ2v) is 9.34. The van der Waals surface area contributed by atoms with Gasteiger partial charge in [0.25, 0.3) is 5.91 Å². The predicted molar refractivity (Wildman–Crippen MR) is 116 cm³/mol. The molecule has 9 nitrogen and oxygen atoms in total. The van der Waals surface area contributed by atoms with Crippen LogP contribution in [0, 0.1) is 11.7 Å². The van der Waals surface area contributed by atoms with E-state index in [4.69, 9.17) is 14.2 Å². The molecule has 0 aliphatic carbocycles. The summed E-state index contributed by atoms with van der Waals surface area (Å²) in [7, 11) is -4.10. The molecule has 2 N–H and O–H groups in total. The fourth-order valence-corrected chi connectivity index (χ4v) is 4.34. The summed E-state index contributed by atoms with van der Waals surface area (Å²) < 4.78 is 57.4. The van der Waals surface area contributed by atoms with Crippen molar-refractivity contribution >= 4 is 21.9 Å². The van der Waals surface area contributed by atoms with Gasteiger partial charge in [-0.3, -0.25) is 9.59 Å². The van der Waals surface area contributed by atoms with Crippen molar-refractivity contribution in [2.45, 2.75) is 31.3 Å². The van der Waals surface area contributed by atoms with Gasteiger partial charge >= 0.3 is 5.97 Å². The number of hydrogen-bond donors (Lipinski definition) is 2. The first-order valence-electron chi connectivity index (χ1n) is 10.3. The second kappa shape index (κ2) is 10.6. The molecule has 33 heavy (non-hydrogen) atoms. The van der Waals surface area contributed by atoms with Gasteiger partial charge in [-0.15, -0.1) is 0 Å². The summed E-state index contributed by atoms with van der Waals surface area (Å²) >= 11 is 0. The fraction of sp³-hybridized carbons (Fsp3) is 0.364. The van der Waals surface area contributed by atoms with E-state index in [9.17, 15) is 22.4 Å². The zero-order valence-electron chi connectivity index (χ0n) is 18.2. The topological polar surface area (TPSA) is 120 Å². The Balaban J connectivity index is 1.59. The van der Waals surface area contributed by atoms with Crippen molar-refractivity contribution in [3.63, 3.8) is 0 Å². The molecule has 0 bridgehead atoms. The van der Waals surface area contributed by atoms with Gasteiger partial charge in [-0.1, -0.05) is 32.0 Å². The Bertz CT molecular complexity index is 1120. The quantitative estimate of drug-likeness (QED) is 0.525. The minimum absolute atomic E-state index is 0.0760. The molecular weight excluding hydrogens is 455 g/mol. The average molecular weight is 481 g/mol. The number of rotatable bonds is 9. The van der Waals surface area contributed by atoms with E-state index >= 15 is 0 Å². The van der Waals surface area contributed by atoms with Crippen molar-refractivity contribution in [1.82, 2.24) is 10.0 Å². The summed E-state index contributed by atoms with van der Waals surface area (Å²) in [4.78, 5) is 24.4. The highest BCUT2D eigenvalue weighted by Gasteiger charge is 2.31. The minimum Gasteiger partial charge on any atom is -0.486 e. The molecule has 1 aliphatic rings. The minimum atomic E-state index is -4.10. The van der Waals surface area contributed by atoms with E-state index in [1.807, 2.05) is 0 Å². The third kappa shape index (κ3) is 6.42. The molecule has 0 unspecified atom stereocenters. The lowest BCUT2D eigenvalue weighted by Gasteiger charge is -2.22. The number of amides is 1. The highest BCUT2D eigenvalue weighted by atomic mass is 32.2. The largest absolute Gasteiger partial charge is 0.486 e. The van der Waals surface area contributed by atoms with Crippen LogP contribution >= 0.6 is 0 Å². The van der Waals surface area contributed by atoms with Gasteiger partial charge in [-0.05, 0) is 24.1 Å². The van der Waals surface area contributed by atoms with E-state index in [1.165, 1.54) is 36.4 Å². The average Bonchev–Trinajstić information content (AvgIpc) is 2.80. The standard InChI is InChI=1S/C22H25FN2O7S/c1-14(2)21(22(27)32-13-20(26)24-12-15-5-3-4-6-17(15)23)25-33(28,29)16-7-8-18-19(11-16)31-10-9-30-18/h3-8,11,14,21,25H,9-10,12-13H2,1-2H3,(H,24,26)/t21-/m0/s1. The molecule has 1 heterocycles. The number of carbonyl (C=O) groups is 2. The zero-order valence-corrected chi connectivity index (χ0v) is 19.0. The molecule has 0 fully saturated rings. The molecule has 0 saturated carbocycles. The first kappa shape index (κ1) is 24.5. The van der Waals surface area contributed by atoms with Crippen LogP contribution in [0.2, 0.25) is 0 Å². The summed E-state index contributed by atoms with van der Waals surface area (Å²) in [6, 6.07) is 8.84. The van der Waals surface area contributed by atoms with Crippen molar-refractivity contribution in [3.8, 4) is 11.5 Å². The van der Waals surface area contributed by atoms with Crippen molar-refractivity contribution in [2.75, 3.05) is 19.8 Å². The van der Waals surface area contributed by atoms with Gasteiger partial charge in [0.2, 0.25) is 10.0 Å². The summed E-state index contributed by atoms with van der Waals surface area (Å²) in [5.41, 5.74) is 0.282. The predicted octanol–water partition coefficient (Wildman–Crippen LogP) is 1.76. The van der Waals surface area contributed by atoms with Crippen LogP contribution in [-0.2, 0) is 30.9 Å². The van der Waals surface area contributed by atoms with Crippen LogP contribution in [-0.4, -0.2) is 46.2 Å². The lowest BCUT2D eigenvalue weighted by Crippen LogP contribution is -2.46. The van der Waals surface area contributed by atoms with E-state index in [0.717, 1.165) is 0 Å². The maximum absolute atomic E-state index is 13.6. The maximum atomic E-state index is 13.6. The second-order valence-electron chi connectivity index (χ2n) is 7.62. The summed E-state index contributed by atoms with van der Waals surface area (Å²) in [6.45, 7) is 3.22. The third-order valence-corrected chi connectivity index (χ3v) is 6.24. The Morgan fingerprint density at radius 1 is 1.09 bits per heavy atom. The molecule has 11 heteroatoms. The molecule has 0 saturated heterocycles. The van der Waals surface area contributed by atoms with E-state index in [0.29, 0.717) is 24.7 Å². The molecule has 0 radical (unpaired) electrons. The zero-order chi connectivity index (χ0) is 24.0. The molecular formula is C22H25FN2O7S. The molecule has 3 rings (SSSR count). The van der Waals surface area contributed by atoms with Crippen molar-refractivity contribution in [3.05, 3.63) is 53.8 Å². The smallest absolute Gasteiger partial charge is 0.324 e. The number of ether oxygens (including phenoxy) is 3. The molecule has 0 spiro atoms. The van der Waals surface area contributed by atoms with Crippen LogP contribution in [0.5, 0.6) is 11.5 Å². The number of fused-ring (bicyclic) bond motifs is 1. The number of nitrogens with one attached hydrogen (secondary N) is 2. The molecule has 2 aromatic rings. The SMILES string of the molecule is CC(C)[C@H](NS(=O)(=O)c1ccc2c(c1)OCCO2)C(=O)OCC(=O)NCc1ccccc1F. The van der Waals surface area contributed by atoms with E-state index in [1.54, 1.807) is 19.9 Å². The van der Waals surface area contributed by atoms with Gasteiger partial charge in [0.05, 0.1) is 4.90 Å². The fourth-order valence-electron chi connectivity index (χ4n) is 3.00. The van der Waals surface area contributed by atoms with Crippen LogP contribution in [0.4, 0.5) is 4.39 Å². The van der Waals surface area contributed by atoms with Gasteiger partial charge in [0.1, 0.15) is 25.1 Å². The number of esters is 1. The summed E-state index contributed by atoms with van der Waals surface area (Å²) in [6.07, 6.45) is 0. The van der Waals surface area contributed by atoms with Gasteiger partial charge in [0, 0.05) is 18.2 Å². The van der Waals surface area contributed by atoms with Crippen molar-refractivity contribution < 1.29 is 36.6 Å². The Morgan fingerprint density at radius 3 is 2.48 bits per heavy atom. The number of carbonyl (C=O) groups excluding carboxylic acids is 2. The third-order valence-electron chi connectivity index (χ3n) is 4.81. The number of sulfonamides is 1. The molecule has 2 aromatic carbocycles. The maximum Gasteiger partial charge on any atom is 0.324 e. The van der Waals surface area contributed by atoms with Crippen LogP contribution in [0.15, 0.2) is 47.4 Å². The first-order valence-corrected chi connectivity index (χ1v) is 11.7. The Kier molecular flexibility index (Phi) is 7.88. The van der Waals surface area contributed by atoms with Gasteiger partial charge < -0.3 is 19.5 Å². The Morgan fingerprint density at radius 2 is 1.79 bits per heavy atom. The first-order chi connectivity index (χ1) is 15.7. The highest BCUT2D eigenvalue weighted by Crippen LogP contribution is 2.32. The monoisotopic (exact) mass is 480 g/mol. The molecule has 0 aromatic heterocycles. The summed E-state index contributed by atoms with van der Waals surface area (Å²) in [5, 5.41) is 2.45. The van der Waals surface area contributed by atoms with Crippen molar-refractivity contribution in [2.24, 2.45) is 5.92 Å². The normalized spacial score (nSPS) is 13.9. The van der Waals surface area contributed by atoms with Crippen LogP contribution < -0.4 is 19.5 Å². The number of benzene rings is 2. The van der Waals surface area contributed by atoms with Crippen molar-refractivity contribution in [1.29, 1.82) is 0 Å². The van der Waals surface area contributed by atoms with Crippen LogP contribution in [0.3, 0.4) is 0 Å². The Hall–Kier alpha value is -3.18. The van der Waals surface area contributed by atoms with Crippen LogP contribution in [0.25, 0.3) is 0 Å². The molecule has 1 amide bonds. The molecule has 1 atom stereocenters. The molecule has 178 valence electrons. The van der Waals surface area contributed by atoms with E-state index in [2.05, 4.69) is 10.0 Å². The summed E-state index contributed by atoms with van der Waals surface area (Å²) in [5.74, 6) is -1.77.